The highest BCUT2D eigenvalue weighted by molar-refractivity contribution is 6.62. The lowest BCUT2D eigenvalue weighted by Gasteiger charge is -2.32. The summed E-state index contributed by atoms with van der Waals surface area (Å²) in [7, 11) is -1.03. The van der Waals surface area contributed by atoms with E-state index in [0.717, 1.165) is 12.1 Å². The van der Waals surface area contributed by atoms with Crippen LogP contribution in [0.2, 0.25) is 0 Å². The van der Waals surface area contributed by atoms with Crippen molar-refractivity contribution in [1.29, 1.82) is 0 Å². The van der Waals surface area contributed by atoms with Gasteiger partial charge in [-0.2, -0.15) is 0 Å². The zero-order valence-corrected chi connectivity index (χ0v) is 18.1. The molecule has 1 aromatic carbocycles. The second-order valence-electron chi connectivity index (χ2n) is 9.15. The lowest BCUT2D eigenvalue weighted by molar-refractivity contribution is -0.0194. The van der Waals surface area contributed by atoms with Crippen molar-refractivity contribution < 1.29 is 32.4 Å². The van der Waals surface area contributed by atoms with Gasteiger partial charge in [-0.3, -0.25) is 0 Å². The van der Waals surface area contributed by atoms with Gasteiger partial charge in [-0.15, -0.1) is 0 Å². The molecule has 0 spiro atoms. The number of carbonyl (C=O) groups is 1. The van der Waals surface area contributed by atoms with Gasteiger partial charge in [0.05, 0.1) is 11.2 Å². The summed E-state index contributed by atoms with van der Waals surface area (Å²) in [6.45, 7) is 12.6. The molecule has 2 N–H and O–H groups in total. The van der Waals surface area contributed by atoms with Gasteiger partial charge in [0.15, 0.2) is 11.6 Å². The number of rotatable bonds is 7. The van der Waals surface area contributed by atoms with Gasteiger partial charge in [-0.05, 0) is 53.0 Å². The van der Waals surface area contributed by atoms with E-state index in [9.17, 15) is 13.6 Å². The lowest BCUT2D eigenvalue weighted by atomic mass is 9.78. The molecule has 1 fully saturated rings. The van der Waals surface area contributed by atoms with E-state index in [2.05, 4.69) is 0 Å². The van der Waals surface area contributed by atoms with Crippen LogP contribution in [0, 0.1) is 17.6 Å². The average molecular weight is 413 g/mol. The molecule has 1 saturated heterocycles. The largest absolute Gasteiger partial charge is 0.497 e. The minimum atomic E-state index is -1.08. The summed E-state index contributed by atoms with van der Waals surface area (Å²) < 4.78 is 51.5. The third-order valence-electron chi connectivity index (χ3n) is 5.28. The van der Waals surface area contributed by atoms with E-state index < -0.39 is 41.6 Å². The summed E-state index contributed by atoms with van der Waals surface area (Å²) in [5, 5.41) is 0. The number of benzene rings is 1. The third-order valence-corrected chi connectivity index (χ3v) is 5.28. The predicted molar refractivity (Wildman–Crippen MR) is 106 cm³/mol. The number of primary amides is 1. The molecule has 0 saturated carbocycles. The van der Waals surface area contributed by atoms with Gasteiger partial charge in [0, 0.05) is 11.5 Å². The summed E-state index contributed by atoms with van der Waals surface area (Å²) in [6, 6.07) is 1.94. The summed E-state index contributed by atoms with van der Waals surface area (Å²) in [5.41, 5.74) is 2.65. The average Bonchev–Trinajstić information content (AvgIpc) is 2.74. The summed E-state index contributed by atoms with van der Waals surface area (Å²) in [5.74, 6) is -1.63. The summed E-state index contributed by atoms with van der Waals surface area (Å²) in [4.78, 5) is 11.2. The van der Waals surface area contributed by atoms with Crippen LogP contribution in [0.5, 0.6) is 5.75 Å². The number of halogens is 2. The lowest BCUT2D eigenvalue weighted by Crippen LogP contribution is -2.41. The fraction of sp³-hybridized carbons (Fsp3) is 0.650. The Bertz CT molecular complexity index is 755. The Morgan fingerprint density at radius 3 is 2.21 bits per heavy atom. The highest BCUT2D eigenvalue weighted by atomic mass is 19.1. The highest BCUT2D eigenvalue weighted by Crippen LogP contribution is 2.37. The Kier molecular flexibility index (Phi) is 6.54. The number of hydrogen-bond donors (Lipinski definition) is 1. The van der Waals surface area contributed by atoms with Crippen molar-refractivity contribution in [2.75, 3.05) is 6.61 Å². The van der Waals surface area contributed by atoms with Crippen LogP contribution in [0.1, 0.15) is 54.9 Å². The monoisotopic (exact) mass is 413 g/mol. The van der Waals surface area contributed by atoms with Crippen LogP contribution in [0.3, 0.4) is 0 Å². The molecule has 162 valence electrons. The molecule has 1 aliphatic heterocycles. The van der Waals surface area contributed by atoms with E-state index in [1.165, 1.54) is 0 Å². The minimum absolute atomic E-state index is 0.0492. The van der Waals surface area contributed by atoms with Gasteiger partial charge in [0.25, 0.3) is 0 Å². The molecular formula is C20H30BF2NO5. The van der Waals surface area contributed by atoms with Crippen molar-refractivity contribution in [3.8, 4) is 5.75 Å². The van der Waals surface area contributed by atoms with Gasteiger partial charge in [0.2, 0.25) is 0 Å². The first-order valence-electron chi connectivity index (χ1n) is 9.61. The van der Waals surface area contributed by atoms with Gasteiger partial charge >= 0.3 is 13.2 Å². The van der Waals surface area contributed by atoms with E-state index >= 15 is 0 Å². The molecular weight excluding hydrogens is 383 g/mol. The van der Waals surface area contributed by atoms with Crippen LogP contribution in [-0.4, -0.2) is 36.6 Å². The zero-order valence-electron chi connectivity index (χ0n) is 18.1. The molecule has 2 rings (SSSR count). The maximum atomic E-state index is 14.7. The first-order chi connectivity index (χ1) is 13.2. The van der Waals surface area contributed by atoms with E-state index in [0.29, 0.717) is 6.42 Å². The quantitative estimate of drug-likeness (QED) is 0.692. The topological polar surface area (TPSA) is 80.0 Å². The van der Waals surface area contributed by atoms with Crippen molar-refractivity contribution in [3.63, 3.8) is 0 Å². The smallest absolute Gasteiger partial charge is 0.486 e. The second-order valence-corrected chi connectivity index (χ2v) is 9.15. The maximum absolute atomic E-state index is 14.7. The van der Waals surface area contributed by atoms with Gasteiger partial charge in [0.1, 0.15) is 18.0 Å². The molecule has 1 amide bonds. The van der Waals surface area contributed by atoms with Crippen LogP contribution in [-0.2, 0) is 14.0 Å². The van der Waals surface area contributed by atoms with Gasteiger partial charge in [-0.25, -0.2) is 13.6 Å². The first-order valence-corrected chi connectivity index (χ1v) is 9.61. The van der Waals surface area contributed by atoms with E-state index in [4.69, 9.17) is 24.5 Å². The molecule has 6 nitrogen and oxygen atoms in total. The maximum Gasteiger partial charge on any atom is 0.497 e. The molecule has 0 bridgehead atoms. The van der Waals surface area contributed by atoms with E-state index in [1.54, 1.807) is 6.92 Å². The van der Waals surface area contributed by atoms with Crippen LogP contribution < -0.4 is 15.9 Å². The third kappa shape index (κ3) is 5.39. The Labute approximate surface area is 171 Å². The van der Waals surface area contributed by atoms with E-state index in [-0.39, 0.29) is 23.7 Å². The molecule has 9 heteroatoms. The van der Waals surface area contributed by atoms with Gasteiger partial charge < -0.3 is 24.5 Å². The predicted octanol–water partition coefficient (Wildman–Crippen LogP) is 3.54. The minimum Gasteiger partial charge on any atom is -0.486 e. The van der Waals surface area contributed by atoms with Crippen molar-refractivity contribution in [1.82, 2.24) is 0 Å². The Morgan fingerprint density at radius 2 is 1.72 bits per heavy atom. The van der Waals surface area contributed by atoms with Crippen LogP contribution in [0.15, 0.2) is 12.1 Å². The van der Waals surface area contributed by atoms with Crippen LogP contribution >= 0.6 is 0 Å². The van der Waals surface area contributed by atoms with Crippen LogP contribution in [0.25, 0.3) is 0 Å². The number of nitrogens with two attached hydrogens (primary N) is 1. The summed E-state index contributed by atoms with van der Waals surface area (Å²) in [6.07, 6.45) is -0.522. The number of carbonyl (C=O) groups excluding carboxylic acids is 1. The Balaban J connectivity index is 2.20. The fourth-order valence-electron chi connectivity index (χ4n) is 3.27. The van der Waals surface area contributed by atoms with Gasteiger partial charge in [-0.1, -0.05) is 13.8 Å². The van der Waals surface area contributed by atoms with E-state index in [1.807, 2.05) is 41.5 Å². The second kappa shape index (κ2) is 8.10. The molecule has 29 heavy (non-hydrogen) atoms. The standard InChI is InChI=1S/C20H30BF2NO5/c1-12(2)10-20(7,27-17(24)25)11-26-16-9-14(22)13(8-15(16)23)21-28-18(3,4)19(5,6)29-21/h8-9,12H,10-11H2,1-7H3,(H2,24,25)/t20-/m0/s1. The molecule has 0 aliphatic carbocycles. The van der Waals surface area contributed by atoms with Crippen molar-refractivity contribution in [2.45, 2.75) is 71.7 Å². The zero-order chi connectivity index (χ0) is 22.2. The number of hydrogen-bond acceptors (Lipinski definition) is 5. The van der Waals surface area contributed by atoms with Crippen molar-refractivity contribution in [2.24, 2.45) is 11.7 Å². The summed E-state index contributed by atoms with van der Waals surface area (Å²) >= 11 is 0. The Morgan fingerprint density at radius 1 is 1.17 bits per heavy atom. The molecule has 1 aliphatic rings. The Hall–Kier alpha value is -1.87. The number of amides is 1. The normalized spacial score (nSPS) is 19.9. The van der Waals surface area contributed by atoms with Crippen molar-refractivity contribution in [3.05, 3.63) is 23.8 Å². The molecule has 0 aromatic heterocycles. The molecule has 1 atom stereocenters. The van der Waals surface area contributed by atoms with Crippen molar-refractivity contribution >= 4 is 18.7 Å². The SMILES string of the molecule is CC(C)C[C@@](C)(COc1cc(F)c(B2OC(C)(C)C(C)(C)O2)cc1F)OC(N)=O. The molecule has 0 radical (unpaired) electrons. The first kappa shape index (κ1) is 23.4. The molecule has 1 aromatic rings. The highest BCUT2D eigenvalue weighted by Gasteiger charge is 2.52. The fourth-order valence-corrected chi connectivity index (χ4v) is 3.27. The number of ether oxygens (including phenoxy) is 2. The molecule has 0 unspecified atom stereocenters. The van der Waals surface area contributed by atoms with Crippen LogP contribution in [0.4, 0.5) is 13.6 Å². The molecule has 1 heterocycles.